The van der Waals surface area contributed by atoms with Crippen molar-refractivity contribution in [1.29, 1.82) is 0 Å². The van der Waals surface area contributed by atoms with Crippen LogP contribution in [0.3, 0.4) is 0 Å². The summed E-state index contributed by atoms with van der Waals surface area (Å²) in [6.07, 6.45) is 3.64. The van der Waals surface area contributed by atoms with Crippen molar-refractivity contribution in [1.82, 2.24) is 15.5 Å². The smallest absolute Gasteiger partial charge is 0.303 e. The van der Waals surface area contributed by atoms with Crippen LogP contribution < -0.4 is 10.6 Å². The number of hydrogen-bond donors (Lipinski definition) is 4. The number of unbranched alkanes of at least 4 members (excludes halogenated alkanes) is 2. The van der Waals surface area contributed by atoms with Crippen LogP contribution in [0.25, 0.3) is 0 Å². The summed E-state index contributed by atoms with van der Waals surface area (Å²) >= 11 is 0. The average Bonchev–Trinajstić information content (AvgIpc) is 3.00. The molecule has 0 aromatic heterocycles. The molecule has 0 fully saturated rings. The van der Waals surface area contributed by atoms with E-state index in [0.717, 1.165) is 0 Å². The van der Waals surface area contributed by atoms with Crippen LogP contribution in [0.15, 0.2) is 12.2 Å². The van der Waals surface area contributed by atoms with Gasteiger partial charge < -0.3 is 25.7 Å². The highest BCUT2D eigenvalue weighted by molar-refractivity contribution is 5.92. The number of nitrogens with one attached hydrogen (secondary N) is 2. The first-order valence-corrected chi connectivity index (χ1v) is 10.5. The molecule has 3 atom stereocenters. The van der Waals surface area contributed by atoms with E-state index in [-0.39, 0.29) is 42.8 Å². The number of carboxylic acids is 1. The second-order valence-electron chi connectivity index (χ2n) is 8.01. The van der Waals surface area contributed by atoms with Crippen LogP contribution in [-0.2, 0) is 24.0 Å². The van der Waals surface area contributed by atoms with Crippen molar-refractivity contribution in [2.24, 2.45) is 5.92 Å². The van der Waals surface area contributed by atoms with Gasteiger partial charge in [-0.1, -0.05) is 20.3 Å². The summed E-state index contributed by atoms with van der Waals surface area (Å²) in [5.41, 5.74) is 0. The lowest BCUT2D eigenvalue weighted by Gasteiger charge is -2.24. The van der Waals surface area contributed by atoms with Gasteiger partial charge in [0.05, 0.1) is 6.04 Å². The molecule has 0 bridgehead atoms. The predicted octanol–water partition coefficient (Wildman–Crippen LogP) is 0.343. The number of aliphatic carboxylic acids is 1. The molecule has 10 heteroatoms. The molecule has 0 radical (unpaired) electrons. The number of amides is 3. The Hall–Kier alpha value is -2.75. The van der Waals surface area contributed by atoms with E-state index in [1.807, 2.05) is 0 Å². The Morgan fingerprint density at radius 2 is 1.77 bits per heavy atom. The molecule has 0 saturated heterocycles. The third-order valence-corrected chi connectivity index (χ3v) is 5.04. The fourth-order valence-corrected chi connectivity index (χ4v) is 3.17. The van der Waals surface area contributed by atoms with Crippen LogP contribution in [0.1, 0.15) is 59.3 Å². The van der Waals surface area contributed by atoms with Crippen molar-refractivity contribution in [3.8, 4) is 0 Å². The zero-order chi connectivity index (χ0) is 23.6. The molecule has 0 spiro atoms. The number of ketones is 1. The number of carbonyl (C=O) groups excluding carboxylic acids is 4. The van der Waals surface area contributed by atoms with Gasteiger partial charge in [-0.05, 0) is 38.2 Å². The normalized spacial score (nSPS) is 17.5. The molecular weight excluding hydrogens is 406 g/mol. The molecule has 3 amide bonds. The summed E-state index contributed by atoms with van der Waals surface area (Å²) in [6.45, 7) is 5.20. The van der Waals surface area contributed by atoms with Gasteiger partial charge in [0.1, 0.15) is 12.3 Å². The minimum Gasteiger partial charge on any atom is -0.481 e. The SMILES string of the molecule is CC(=O)[C@H](CCC(=O)O)NC(=O)[C@@H](NC(=O)CCCCCN1C(=O)C=CC1O)C(C)C. The van der Waals surface area contributed by atoms with E-state index in [9.17, 15) is 29.1 Å². The maximum absolute atomic E-state index is 12.6. The maximum atomic E-state index is 12.6. The summed E-state index contributed by atoms with van der Waals surface area (Å²) in [6, 6.07) is -1.76. The summed E-state index contributed by atoms with van der Waals surface area (Å²) in [5.74, 6) is -2.70. The summed E-state index contributed by atoms with van der Waals surface area (Å²) in [5, 5.41) is 23.6. The second-order valence-corrected chi connectivity index (χ2v) is 8.01. The lowest BCUT2D eigenvalue weighted by Crippen LogP contribution is -2.53. The predicted molar refractivity (Wildman–Crippen MR) is 112 cm³/mol. The first-order chi connectivity index (χ1) is 14.5. The Morgan fingerprint density at radius 3 is 2.29 bits per heavy atom. The quantitative estimate of drug-likeness (QED) is 0.285. The van der Waals surface area contributed by atoms with Gasteiger partial charge >= 0.3 is 5.97 Å². The molecule has 174 valence electrons. The maximum Gasteiger partial charge on any atom is 0.303 e. The van der Waals surface area contributed by atoms with Gasteiger partial charge in [0, 0.05) is 25.5 Å². The second kappa shape index (κ2) is 12.8. The molecule has 1 rings (SSSR count). The van der Waals surface area contributed by atoms with Gasteiger partial charge in [0.2, 0.25) is 17.7 Å². The summed E-state index contributed by atoms with van der Waals surface area (Å²) < 4.78 is 0. The lowest BCUT2D eigenvalue weighted by atomic mass is 10.0. The highest BCUT2D eigenvalue weighted by Gasteiger charge is 2.28. The molecule has 1 aliphatic rings. The average molecular weight is 440 g/mol. The van der Waals surface area contributed by atoms with Crippen molar-refractivity contribution >= 4 is 29.5 Å². The van der Waals surface area contributed by atoms with Gasteiger partial charge in [0.25, 0.3) is 0 Å². The van der Waals surface area contributed by atoms with Crippen molar-refractivity contribution in [2.75, 3.05) is 6.54 Å². The largest absolute Gasteiger partial charge is 0.481 e. The third kappa shape index (κ3) is 9.29. The van der Waals surface area contributed by atoms with Gasteiger partial charge in [-0.2, -0.15) is 0 Å². The number of carboxylic acid groups (broad SMARTS) is 1. The van der Waals surface area contributed by atoms with Crippen LogP contribution in [-0.4, -0.2) is 69.4 Å². The van der Waals surface area contributed by atoms with E-state index in [1.165, 1.54) is 24.0 Å². The number of hydrogen-bond acceptors (Lipinski definition) is 6. The zero-order valence-corrected chi connectivity index (χ0v) is 18.3. The van der Waals surface area contributed by atoms with E-state index < -0.39 is 30.2 Å². The Labute approximate surface area is 182 Å². The summed E-state index contributed by atoms with van der Waals surface area (Å²) in [7, 11) is 0. The van der Waals surface area contributed by atoms with Gasteiger partial charge in [-0.25, -0.2) is 0 Å². The molecule has 1 unspecified atom stereocenters. The molecule has 4 N–H and O–H groups in total. The third-order valence-electron chi connectivity index (χ3n) is 5.04. The standard InChI is InChI=1S/C21H33N3O7/c1-13(2)20(21(31)22-15(14(3)25)8-11-19(29)30)23-16(26)7-5-4-6-12-24-17(27)9-10-18(24)28/h9-10,13,15,17,20,27H,4-8,11-12H2,1-3H3,(H,22,31)(H,23,26)(H,29,30)/t15-,17?,20-/m0/s1. The first-order valence-electron chi connectivity index (χ1n) is 10.5. The lowest BCUT2D eigenvalue weighted by molar-refractivity contribution is -0.138. The number of aliphatic hydroxyl groups is 1. The van der Waals surface area contributed by atoms with Crippen LogP contribution in [0.5, 0.6) is 0 Å². The van der Waals surface area contributed by atoms with Crippen molar-refractivity contribution in [3.63, 3.8) is 0 Å². The Balaban J connectivity index is 2.43. The monoisotopic (exact) mass is 439 g/mol. The Kier molecular flexibility index (Phi) is 10.9. The van der Waals surface area contributed by atoms with Crippen LogP contribution in [0.2, 0.25) is 0 Å². The molecule has 0 aliphatic carbocycles. The number of carbonyl (C=O) groups is 5. The molecular formula is C21H33N3O7. The minimum absolute atomic E-state index is 0.0150. The number of Topliss-reactive ketones (excluding diaryl/α,β-unsaturated/α-hetero) is 1. The van der Waals surface area contributed by atoms with Crippen molar-refractivity contribution in [2.45, 2.75) is 77.6 Å². The number of rotatable bonds is 14. The molecule has 10 nitrogen and oxygen atoms in total. The van der Waals surface area contributed by atoms with Gasteiger partial charge in [0.15, 0.2) is 5.78 Å². The van der Waals surface area contributed by atoms with Gasteiger partial charge in [-0.3, -0.25) is 24.0 Å². The Morgan fingerprint density at radius 1 is 1.10 bits per heavy atom. The minimum atomic E-state index is -1.06. The van der Waals surface area contributed by atoms with E-state index in [4.69, 9.17) is 5.11 Å². The van der Waals surface area contributed by atoms with Crippen LogP contribution in [0, 0.1) is 5.92 Å². The molecule has 0 saturated carbocycles. The number of nitrogens with zero attached hydrogens (tertiary/aromatic N) is 1. The molecule has 31 heavy (non-hydrogen) atoms. The molecule has 1 heterocycles. The highest BCUT2D eigenvalue weighted by Crippen LogP contribution is 2.11. The first kappa shape index (κ1) is 26.3. The van der Waals surface area contributed by atoms with Gasteiger partial charge in [-0.15, -0.1) is 0 Å². The van der Waals surface area contributed by atoms with E-state index >= 15 is 0 Å². The highest BCUT2D eigenvalue weighted by atomic mass is 16.4. The van der Waals surface area contributed by atoms with Crippen LogP contribution >= 0.6 is 0 Å². The Bertz CT molecular complexity index is 705. The summed E-state index contributed by atoms with van der Waals surface area (Å²) in [4.78, 5) is 60.2. The van der Waals surface area contributed by atoms with E-state index in [1.54, 1.807) is 13.8 Å². The topological polar surface area (TPSA) is 153 Å². The van der Waals surface area contributed by atoms with E-state index in [2.05, 4.69) is 10.6 Å². The van der Waals surface area contributed by atoms with E-state index in [0.29, 0.717) is 25.8 Å². The molecule has 1 aliphatic heterocycles. The van der Waals surface area contributed by atoms with Crippen molar-refractivity contribution in [3.05, 3.63) is 12.2 Å². The molecule has 0 aromatic rings. The molecule has 0 aromatic carbocycles. The zero-order valence-electron chi connectivity index (χ0n) is 18.3. The number of aliphatic hydroxyl groups excluding tert-OH is 1. The fraction of sp³-hybridized carbons (Fsp3) is 0.667. The van der Waals surface area contributed by atoms with Crippen LogP contribution in [0.4, 0.5) is 0 Å². The van der Waals surface area contributed by atoms with Crippen molar-refractivity contribution < 1.29 is 34.2 Å². The fourth-order valence-electron chi connectivity index (χ4n) is 3.17.